The highest BCUT2D eigenvalue weighted by atomic mass is 16.6. The van der Waals surface area contributed by atoms with Crippen molar-refractivity contribution in [3.8, 4) is 0 Å². The van der Waals surface area contributed by atoms with E-state index in [1.54, 1.807) is 4.90 Å². The van der Waals surface area contributed by atoms with Crippen LogP contribution in [0.15, 0.2) is 42.5 Å². The van der Waals surface area contributed by atoms with Crippen molar-refractivity contribution in [2.24, 2.45) is 0 Å². The number of imide groups is 1. The summed E-state index contributed by atoms with van der Waals surface area (Å²) in [6.45, 7) is 0.394. The Balaban J connectivity index is 1.39. The fourth-order valence-electron chi connectivity index (χ4n) is 4.23. The first-order chi connectivity index (χ1) is 14.5. The zero-order valence-corrected chi connectivity index (χ0v) is 15.8. The fraction of sp³-hybridized carbons (Fsp3) is 0.190. The van der Waals surface area contributed by atoms with Crippen molar-refractivity contribution in [3.05, 3.63) is 75.0 Å². The minimum absolute atomic E-state index is 0.0421. The normalized spacial score (nSPS) is 15.5. The number of amides is 3. The summed E-state index contributed by atoms with van der Waals surface area (Å²) in [5, 5.41) is 12.3. The number of carbonyl (C=O) groups excluding carboxylic acids is 3. The smallest absolute Gasteiger partial charge is 0.282 e. The largest absolute Gasteiger partial charge is 0.358 e. The van der Waals surface area contributed by atoms with Gasteiger partial charge in [-0.3, -0.25) is 29.4 Å². The molecule has 0 radical (unpaired) electrons. The lowest BCUT2D eigenvalue weighted by atomic mass is 10.0. The maximum absolute atomic E-state index is 12.9. The lowest BCUT2D eigenvalue weighted by Crippen LogP contribution is -2.44. The van der Waals surface area contributed by atoms with Gasteiger partial charge in [0.15, 0.2) is 0 Å². The molecule has 0 bridgehead atoms. The Morgan fingerprint density at radius 3 is 2.70 bits per heavy atom. The number of nitro groups is 1. The molecule has 1 aromatic heterocycles. The Labute approximate surface area is 170 Å². The molecule has 3 aromatic rings. The van der Waals surface area contributed by atoms with Crippen molar-refractivity contribution in [1.29, 1.82) is 0 Å². The van der Waals surface area contributed by atoms with E-state index in [0.717, 1.165) is 27.1 Å². The van der Waals surface area contributed by atoms with Crippen LogP contribution < -0.4 is 0 Å². The number of H-pyrrole nitrogens is 1. The second kappa shape index (κ2) is 6.51. The first-order valence-corrected chi connectivity index (χ1v) is 9.45. The number of nitro benzene ring substituents is 1. The van der Waals surface area contributed by atoms with E-state index in [1.165, 1.54) is 18.2 Å². The van der Waals surface area contributed by atoms with Crippen molar-refractivity contribution in [1.82, 2.24) is 14.8 Å². The molecule has 0 aliphatic carbocycles. The number of para-hydroxylation sites is 1. The molecule has 2 aliphatic rings. The third-order valence-corrected chi connectivity index (χ3v) is 5.70. The highest BCUT2D eigenvalue weighted by molar-refractivity contribution is 6.24. The molecule has 3 heterocycles. The second-order valence-electron chi connectivity index (χ2n) is 7.35. The summed E-state index contributed by atoms with van der Waals surface area (Å²) in [5.41, 5.74) is 2.39. The summed E-state index contributed by atoms with van der Waals surface area (Å²) in [5.74, 6) is -1.86. The van der Waals surface area contributed by atoms with Crippen LogP contribution in [-0.2, 0) is 17.8 Å². The number of aromatic amines is 1. The third kappa shape index (κ3) is 2.59. The van der Waals surface area contributed by atoms with E-state index in [-0.39, 0.29) is 17.0 Å². The van der Waals surface area contributed by atoms with Crippen molar-refractivity contribution >= 4 is 34.3 Å². The number of nitrogens with one attached hydrogen (secondary N) is 1. The van der Waals surface area contributed by atoms with E-state index in [0.29, 0.717) is 19.5 Å². The molecule has 0 saturated heterocycles. The summed E-state index contributed by atoms with van der Waals surface area (Å²) >= 11 is 0. The molecule has 0 atom stereocenters. The van der Waals surface area contributed by atoms with Crippen LogP contribution in [-0.4, -0.2) is 50.5 Å². The third-order valence-electron chi connectivity index (χ3n) is 5.70. The zero-order chi connectivity index (χ0) is 21.0. The Hall–Kier alpha value is -4.01. The first-order valence-electron chi connectivity index (χ1n) is 9.45. The summed E-state index contributed by atoms with van der Waals surface area (Å²) < 4.78 is 0. The van der Waals surface area contributed by atoms with Crippen molar-refractivity contribution in [3.63, 3.8) is 0 Å². The zero-order valence-electron chi connectivity index (χ0n) is 15.8. The monoisotopic (exact) mass is 404 g/mol. The molecule has 2 aliphatic heterocycles. The molecule has 3 amide bonds. The van der Waals surface area contributed by atoms with Crippen molar-refractivity contribution in [2.75, 3.05) is 13.1 Å². The Morgan fingerprint density at radius 1 is 1.10 bits per heavy atom. The molecule has 5 rings (SSSR count). The minimum Gasteiger partial charge on any atom is -0.358 e. The molecule has 9 heteroatoms. The van der Waals surface area contributed by atoms with E-state index in [1.807, 2.05) is 24.3 Å². The van der Waals surface area contributed by atoms with E-state index < -0.39 is 29.0 Å². The number of hydrogen-bond acceptors (Lipinski definition) is 5. The molecule has 1 N–H and O–H groups in total. The maximum Gasteiger partial charge on any atom is 0.282 e. The van der Waals surface area contributed by atoms with Crippen LogP contribution in [0.2, 0.25) is 0 Å². The van der Waals surface area contributed by atoms with Crippen LogP contribution in [0.4, 0.5) is 5.69 Å². The van der Waals surface area contributed by atoms with E-state index in [4.69, 9.17) is 0 Å². The molecule has 0 unspecified atom stereocenters. The van der Waals surface area contributed by atoms with Gasteiger partial charge in [-0.2, -0.15) is 0 Å². The Morgan fingerprint density at radius 2 is 1.90 bits per heavy atom. The van der Waals surface area contributed by atoms with Gasteiger partial charge in [-0.15, -0.1) is 0 Å². The molecule has 30 heavy (non-hydrogen) atoms. The van der Waals surface area contributed by atoms with Gasteiger partial charge in [-0.25, -0.2) is 0 Å². The Bertz CT molecular complexity index is 1260. The van der Waals surface area contributed by atoms with Gasteiger partial charge in [0.2, 0.25) is 5.91 Å². The second-order valence-corrected chi connectivity index (χ2v) is 7.35. The van der Waals surface area contributed by atoms with Crippen LogP contribution in [0.5, 0.6) is 0 Å². The average Bonchev–Trinajstić information content (AvgIpc) is 3.24. The topological polar surface area (TPSA) is 117 Å². The summed E-state index contributed by atoms with van der Waals surface area (Å²) in [7, 11) is 0. The summed E-state index contributed by atoms with van der Waals surface area (Å²) in [6.07, 6.45) is 0.642. The molecular weight excluding hydrogens is 388 g/mol. The van der Waals surface area contributed by atoms with Gasteiger partial charge in [-0.05, 0) is 12.1 Å². The predicted molar refractivity (Wildman–Crippen MR) is 106 cm³/mol. The molecule has 0 spiro atoms. The van der Waals surface area contributed by atoms with Crippen LogP contribution in [0.3, 0.4) is 0 Å². The number of hydrogen-bond donors (Lipinski definition) is 1. The first kappa shape index (κ1) is 18.0. The number of nitrogens with zero attached hydrogens (tertiary/aromatic N) is 3. The Kier molecular flexibility index (Phi) is 3.92. The lowest BCUT2D eigenvalue weighted by Gasteiger charge is -2.28. The van der Waals surface area contributed by atoms with Gasteiger partial charge in [0.1, 0.15) is 12.1 Å². The van der Waals surface area contributed by atoms with Crippen molar-refractivity contribution < 1.29 is 19.3 Å². The lowest BCUT2D eigenvalue weighted by molar-refractivity contribution is -0.385. The minimum atomic E-state index is -0.805. The molecule has 0 saturated carbocycles. The molecular formula is C21H16N4O5. The van der Waals surface area contributed by atoms with Gasteiger partial charge in [0.05, 0.1) is 10.5 Å². The molecule has 0 fully saturated rings. The summed E-state index contributed by atoms with van der Waals surface area (Å²) in [6, 6.07) is 11.7. The van der Waals surface area contributed by atoms with Gasteiger partial charge in [0, 0.05) is 47.7 Å². The van der Waals surface area contributed by atoms with Crippen LogP contribution in [0, 0.1) is 10.1 Å². The van der Waals surface area contributed by atoms with Crippen LogP contribution in [0.1, 0.15) is 32.0 Å². The number of rotatable bonds is 3. The van der Waals surface area contributed by atoms with E-state index in [2.05, 4.69) is 4.98 Å². The highest BCUT2D eigenvalue weighted by Gasteiger charge is 2.42. The van der Waals surface area contributed by atoms with Gasteiger partial charge >= 0.3 is 0 Å². The predicted octanol–water partition coefficient (Wildman–Crippen LogP) is 2.26. The van der Waals surface area contributed by atoms with Crippen LogP contribution >= 0.6 is 0 Å². The highest BCUT2D eigenvalue weighted by Crippen LogP contribution is 2.31. The number of benzene rings is 2. The van der Waals surface area contributed by atoms with E-state index in [9.17, 15) is 24.5 Å². The van der Waals surface area contributed by atoms with E-state index >= 15 is 0 Å². The van der Waals surface area contributed by atoms with Gasteiger partial charge in [-0.1, -0.05) is 24.3 Å². The van der Waals surface area contributed by atoms with Gasteiger partial charge in [0.25, 0.3) is 17.5 Å². The standard InChI is InChI=1S/C21H16N4O5/c26-18(23-9-8-16-14(10-23)12-4-1-2-6-15(12)22-16)11-24-20(27)13-5-3-7-17(25(29)30)19(13)21(24)28/h1-7,22H,8-11H2. The summed E-state index contributed by atoms with van der Waals surface area (Å²) in [4.78, 5) is 54.6. The van der Waals surface area contributed by atoms with Crippen molar-refractivity contribution in [2.45, 2.75) is 13.0 Å². The number of fused-ring (bicyclic) bond motifs is 4. The number of aromatic nitrogens is 1. The fourth-order valence-corrected chi connectivity index (χ4v) is 4.23. The number of carbonyl (C=O) groups is 3. The SMILES string of the molecule is O=C(CN1C(=O)c2cccc([N+](=O)[O-])c2C1=O)N1CCc2[nH]c3ccccc3c2C1. The van der Waals surface area contributed by atoms with Gasteiger partial charge < -0.3 is 9.88 Å². The molecule has 2 aromatic carbocycles. The molecule has 9 nitrogen and oxygen atoms in total. The molecule has 150 valence electrons. The quantitative estimate of drug-likeness (QED) is 0.408. The maximum atomic E-state index is 12.9. The van der Waals surface area contributed by atoms with Crippen LogP contribution in [0.25, 0.3) is 10.9 Å². The average molecular weight is 404 g/mol.